The lowest BCUT2D eigenvalue weighted by atomic mass is 10.1. The molecule has 7 nitrogen and oxygen atoms in total. The predicted molar refractivity (Wildman–Crippen MR) is 110 cm³/mol. The zero-order valence-corrected chi connectivity index (χ0v) is 16.7. The molecule has 0 bridgehead atoms. The number of amides is 1. The lowest BCUT2D eigenvalue weighted by molar-refractivity contribution is -0.121. The van der Waals surface area contributed by atoms with E-state index in [1.54, 1.807) is 17.0 Å². The highest BCUT2D eigenvalue weighted by atomic mass is 16.2. The lowest BCUT2D eigenvalue weighted by Gasteiger charge is -2.12. The number of aromatic nitrogens is 4. The molecule has 1 aromatic carbocycles. The van der Waals surface area contributed by atoms with Gasteiger partial charge in [0, 0.05) is 11.9 Å². The number of nitrogens with zero attached hydrogens (tertiary/aromatic N) is 4. The molecule has 3 rings (SSSR count). The van der Waals surface area contributed by atoms with Gasteiger partial charge in [-0.05, 0) is 43.0 Å². The SMILES string of the molecule is C=CCNC(=O)Cn1nc(C(C)C)c2cnn(-c3ccc(C)c(C)c3)c2c1=O. The number of rotatable bonds is 6. The van der Waals surface area contributed by atoms with Gasteiger partial charge >= 0.3 is 0 Å². The number of carbonyl (C=O) groups excluding carboxylic acids is 1. The van der Waals surface area contributed by atoms with E-state index in [-0.39, 0.29) is 23.9 Å². The molecule has 0 saturated carbocycles. The van der Waals surface area contributed by atoms with Crippen LogP contribution >= 0.6 is 0 Å². The summed E-state index contributed by atoms with van der Waals surface area (Å²) in [6.45, 7) is 11.8. The Hall–Kier alpha value is -3.22. The number of hydrogen-bond donors (Lipinski definition) is 1. The minimum absolute atomic E-state index is 0.0722. The Morgan fingerprint density at radius 3 is 2.68 bits per heavy atom. The number of fused-ring (bicyclic) bond motifs is 1. The second-order valence-corrected chi connectivity index (χ2v) is 7.18. The zero-order chi connectivity index (χ0) is 20.4. The van der Waals surface area contributed by atoms with Gasteiger partial charge in [-0.1, -0.05) is 26.0 Å². The van der Waals surface area contributed by atoms with E-state index in [1.165, 1.54) is 10.2 Å². The van der Waals surface area contributed by atoms with Crippen molar-refractivity contribution in [1.29, 1.82) is 0 Å². The molecule has 0 aliphatic carbocycles. The van der Waals surface area contributed by atoms with Crippen molar-refractivity contribution in [1.82, 2.24) is 24.9 Å². The number of aryl methyl sites for hydroxylation is 2. The highest BCUT2D eigenvalue weighted by molar-refractivity contribution is 5.82. The number of nitrogens with one attached hydrogen (secondary N) is 1. The van der Waals surface area contributed by atoms with Crippen LogP contribution in [0.25, 0.3) is 16.6 Å². The summed E-state index contributed by atoms with van der Waals surface area (Å²) in [5.41, 5.74) is 3.91. The molecule has 0 aliphatic rings. The molecule has 0 saturated heterocycles. The van der Waals surface area contributed by atoms with Gasteiger partial charge in [0.25, 0.3) is 5.56 Å². The number of carbonyl (C=O) groups is 1. The summed E-state index contributed by atoms with van der Waals surface area (Å²) >= 11 is 0. The van der Waals surface area contributed by atoms with E-state index in [0.29, 0.717) is 17.4 Å². The molecule has 0 unspecified atom stereocenters. The van der Waals surface area contributed by atoms with Crippen LogP contribution in [0.5, 0.6) is 0 Å². The first-order valence-electron chi connectivity index (χ1n) is 9.27. The van der Waals surface area contributed by atoms with Crippen LogP contribution in [-0.4, -0.2) is 32.0 Å². The molecule has 0 spiro atoms. The first-order chi connectivity index (χ1) is 13.3. The third-order valence-corrected chi connectivity index (χ3v) is 4.73. The largest absolute Gasteiger partial charge is 0.351 e. The number of hydrogen-bond acceptors (Lipinski definition) is 4. The Balaban J connectivity index is 2.20. The van der Waals surface area contributed by atoms with Crippen LogP contribution in [0.3, 0.4) is 0 Å². The Labute approximate surface area is 163 Å². The molecule has 146 valence electrons. The Kier molecular flexibility index (Phi) is 5.44. The van der Waals surface area contributed by atoms with Crippen molar-refractivity contribution in [3.63, 3.8) is 0 Å². The van der Waals surface area contributed by atoms with E-state index in [9.17, 15) is 9.59 Å². The summed E-state index contributed by atoms with van der Waals surface area (Å²) in [6, 6.07) is 5.94. The lowest BCUT2D eigenvalue weighted by Crippen LogP contribution is -2.35. The quantitative estimate of drug-likeness (QED) is 0.668. The average Bonchev–Trinajstić information content (AvgIpc) is 3.09. The Morgan fingerprint density at radius 2 is 2.04 bits per heavy atom. The van der Waals surface area contributed by atoms with Crippen LogP contribution in [0.15, 0.2) is 41.8 Å². The van der Waals surface area contributed by atoms with Gasteiger partial charge in [-0.25, -0.2) is 9.36 Å². The average molecular weight is 379 g/mol. The van der Waals surface area contributed by atoms with Crippen molar-refractivity contribution in [2.75, 3.05) is 6.54 Å². The summed E-state index contributed by atoms with van der Waals surface area (Å²) < 4.78 is 2.85. The van der Waals surface area contributed by atoms with Crippen molar-refractivity contribution in [2.24, 2.45) is 0 Å². The molecule has 1 N–H and O–H groups in total. The fourth-order valence-electron chi connectivity index (χ4n) is 3.06. The van der Waals surface area contributed by atoms with Crippen LogP contribution < -0.4 is 10.9 Å². The van der Waals surface area contributed by atoms with E-state index >= 15 is 0 Å². The molecule has 7 heteroatoms. The Morgan fingerprint density at radius 1 is 1.29 bits per heavy atom. The standard InChI is InChI=1S/C21H25N5O2/c1-6-9-22-18(27)12-25-21(28)20-17(19(24-25)13(2)3)11-23-26(20)16-8-7-14(4)15(5)10-16/h6-8,10-11,13H,1,9,12H2,2-5H3,(H,22,27). The van der Waals surface area contributed by atoms with Crippen molar-refractivity contribution in [3.8, 4) is 5.69 Å². The third kappa shape index (κ3) is 3.60. The van der Waals surface area contributed by atoms with E-state index in [0.717, 1.165) is 16.9 Å². The van der Waals surface area contributed by atoms with Crippen molar-refractivity contribution in [3.05, 3.63) is 64.2 Å². The predicted octanol–water partition coefficient (Wildman–Crippen LogP) is 2.62. The van der Waals surface area contributed by atoms with Gasteiger partial charge in [-0.3, -0.25) is 9.59 Å². The minimum Gasteiger partial charge on any atom is -0.351 e. The topological polar surface area (TPSA) is 81.8 Å². The van der Waals surface area contributed by atoms with Crippen LogP contribution in [-0.2, 0) is 11.3 Å². The molecule has 28 heavy (non-hydrogen) atoms. The van der Waals surface area contributed by atoms with Gasteiger partial charge in [-0.2, -0.15) is 10.2 Å². The summed E-state index contributed by atoms with van der Waals surface area (Å²) in [6.07, 6.45) is 3.27. The van der Waals surface area contributed by atoms with Gasteiger partial charge in [0.05, 0.1) is 17.6 Å². The van der Waals surface area contributed by atoms with Gasteiger partial charge in [0.1, 0.15) is 12.1 Å². The molecule has 2 aromatic heterocycles. The van der Waals surface area contributed by atoms with E-state index < -0.39 is 0 Å². The summed E-state index contributed by atoms with van der Waals surface area (Å²) in [5, 5.41) is 12.3. The van der Waals surface area contributed by atoms with Crippen LogP contribution in [0.1, 0.15) is 36.6 Å². The Bertz CT molecular complexity index is 1110. The maximum Gasteiger partial charge on any atom is 0.293 e. The molecule has 2 heterocycles. The third-order valence-electron chi connectivity index (χ3n) is 4.73. The summed E-state index contributed by atoms with van der Waals surface area (Å²) in [5.74, 6) is -0.219. The smallest absolute Gasteiger partial charge is 0.293 e. The van der Waals surface area contributed by atoms with Crippen molar-refractivity contribution < 1.29 is 4.79 Å². The van der Waals surface area contributed by atoms with E-state index in [4.69, 9.17) is 0 Å². The van der Waals surface area contributed by atoms with Gasteiger partial charge in [0.2, 0.25) is 5.91 Å². The molecule has 3 aromatic rings. The first-order valence-corrected chi connectivity index (χ1v) is 9.27. The molecule has 1 amide bonds. The second kappa shape index (κ2) is 7.80. The monoisotopic (exact) mass is 379 g/mol. The molecular formula is C21H25N5O2. The first kappa shape index (κ1) is 19.5. The molecule has 0 atom stereocenters. The fraction of sp³-hybridized carbons (Fsp3) is 0.333. The van der Waals surface area contributed by atoms with Crippen molar-refractivity contribution in [2.45, 2.75) is 40.2 Å². The molecule has 0 radical (unpaired) electrons. The van der Waals surface area contributed by atoms with Crippen molar-refractivity contribution >= 4 is 16.8 Å². The molecule has 0 aliphatic heterocycles. The zero-order valence-electron chi connectivity index (χ0n) is 16.7. The second-order valence-electron chi connectivity index (χ2n) is 7.18. The van der Waals surface area contributed by atoms with Gasteiger partial charge < -0.3 is 5.32 Å². The summed E-state index contributed by atoms with van der Waals surface area (Å²) in [7, 11) is 0. The molecule has 0 fully saturated rings. The normalized spacial score (nSPS) is 11.2. The maximum absolute atomic E-state index is 13.2. The maximum atomic E-state index is 13.2. The van der Waals surface area contributed by atoms with E-state index in [2.05, 4.69) is 22.1 Å². The highest BCUT2D eigenvalue weighted by Crippen LogP contribution is 2.23. The van der Waals surface area contributed by atoms with Gasteiger partial charge in [-0.15, -0.1) is 6.58 Å². The minimum atomic E-state index is -0.344. The van der Waals surface area contributed by atoms with Crippen LogP contribution in [0.2, 0.25) is 0 Å². The summed E-state index contributed by atoms with van der Waals surface area (Å²) in [4.78, 5) is 25.3. The van der Waals surface area contributed by atoms with E-state index in [1.807, 2.05) is 45.9 Å². The van der Waals surface area contributed by atoms with Crippen LogP contribution in [0.4, 0.5) is 0 Å². The van der Waals surface area contributed by atoms with Crippen LogP contribution in [0, 0.1) is 13.8 Å². The fourth-order valence-corrected chi connectivity index (χ4v) is 3.06. The van der Waals surface area contributed by atoms with Gasteiger partial charge in [0.15, 0.2) is 0 Å². The molecular weight excluding hydrogens is 354 g/mol. The highest BCUT2D eigenvalue weighted by Gasteiger charge is 2.20. The number of benzene rings is 1.